The van der Waals surface area contributed by atoms with E-state index in [0.717, 1.165) is 5.56 Å². The Kier molecular flexibility index (Phi) is 3.60. The molecule has 0 aliphatic carbocycles. The number of rotatable bonds is 3. The van der Waals surface area contributed by atoms with Crippen molar-refractivity contribution in [2.24, 2.45) is 0 Å². The van der Waals surface area contributed by atoms with Crippen LogP contribution in [0, 0.1) is 0 Å². The van der Waals surface area contributed by atoms with E-state index in [4.69, 9.17) is 14.4 Å². The minimum atomic E-state index is -0.577. The van der Waals surface area contributed by atoms with Gasteiger partial charge in [0, 0.05) is 6.61 Å². The highest BCUT2D eigenvalue weighted by molar-refractivity contribution is 6.61. The summed E-state index contributed by atoms with van der Waals surface area (Å²) < 4.78 is 11.9. The second kappa shape index (κ2) is 4.78. The Labute approximate surface area is 113 Å². The van der Waals surface area contributed by atoms with Crippen molar-refractivity contribution in [1.82, 2.24) is 4.98 Å². The van der Waals surface area contributed by atoms with Crippen LogP contribution in [0.3, 0.4) is 0 Å². The van der Waals surface area contributed by atoms with E-state index in [2.05, 4.69) is 4.98 Å². The van der Waals surface area contributed by atoms with E-state index >= 15 is 0 Å². The van der Waals surface area contributed by atoms with Crippen LogP contribution in [-0.4, -0.2) is 40.1 Å². The number of pyridine rings is 1. The molecule has 0 amide bonds. The van der Waals surface area contributed by atoms with Gasteiger partial charge in [0.2, 0.25) is 0 Å². The number of aliphatic hydroxyl groups excluding tert-OH is 1. The molecule has 1 saturated heterocycles. The lowest BCUT2D eigenvalue weighted by molar-refractivity contribution is 0.00578. The number of aromatic hydroxyl groups is 1. The Morgan fingerprint density at radius 3 is 2.32 bits per heavy atom. The van der Waals surface area contributed by atoms with Gasteiger partial charge in [-0.2, -0.15) is 0 Å². The highest BCUT2D eigenvalue weighted by atomic mass is 16.7. The third-order valence-electron chi connectivity index (χ3n) is 3.84. The first kappa shape index (κ1) is 14.3. The van der Waals surface area contributed by atoms with Crippen LogP contribution in [0.1, 0.15) is 33.3 Å². The van der Waals surface area contributed by atoms with E-state index in [1.807, 2.05) is 27.7 Å². The van der Waals surface area contributed by atoms with Crippen molar-refractivity contribution in [3.63, 3.8) is 0 Å². The Bertz CT molecular complexity index is 460. The van der Waals surface area contributed by atoms with Crippen molar-refractivity contribution in [3.8, 4) is 5.75 Å². The summed E-state index contributed by atoms with van der Waals surface area (Å²) in [5, 5.41) is 18.6. The molecule has 1 aromatic rings. The third kappa shape index (κ3) is 2.61. The zero-order valence-corrected chi connectivity index (χ0v) is 11.8. The molecular formula is C13H20BNO4. The van der Waals surface area contributed by atoms with Crippen LogP contribution in [0.25, 0.3) is 0 Å². The van der Waals surface area contributed by atoms with Crippen LogP contribution in [-0.2, 0) is 15.7 Å². The van der Waals surface area contributed by atoms with Gasteiger partial charge in [0.25, 0.3) is 0 Å². The molecule has 0 unspecified atom stereocenters. The minimum Gasteiger partial charge on any atom is -0.506 e. The van der Waals surface area contributed by atoms with Gasteiger partial charge in [-0.05, 0) is 45.7 Å². The van der Waals surface area contributed by atoms with Gasteiger partial charge in [0.1, 0.15) is 5.75 Å². The predicted octanol–water partition coefficient (Wildman–Crippen LogP) is 0.621. The minimum absolute atomic E-state index is 0.0162. The number of hydrogen-bond donors (Lipinski definition) is 2. The molecule has 0 saturated carbocycles. The molecule has 5 nitrogen and oxygen atoms in total. The van der Waals surface area contributed by atoms with E-state index in [9.17, 15) is 5.11 Å². The third-order valence-corrected chi connectivity index (χ3v) is 3.84. The molecule has 0 aromatic carbocycles. The zero-order valence-electron chi connectivity index (χ0n) is 11.8. The molecule has 1 aliphatic rings. The number of aliphatic hydroxyl groups is 1. The Balaban J connectivity index is 2.34. The van der Waals surface area contributed by atoms with E-state index in [0.29, 0.717) is 12.0 Å². The fraction of sp³-hybridized carbons (Fsp3) is 0.615. The summed E-state index contributed by atoms with van der Waals surface area (Å²) in [5.41, 5.74) is 0.480. The van der Waals surface area contributed by atoms with Crippen molar-refractivity contribution in [2.75, 3.05) is 6.61 Å². The van der Waals surface area contributed by atoms with Crippen molar-refractivity contribution < 1.29 is 19.5 Å². The maximum atomic E-state index is 9.49. The summed E-state index contributed by atoms with van der Waals surface area (Å²) in [6, 6.07) is 1.59. The van der Waals surface area contributed by atoms with Gasteiger partial charge < -0.3 is 19.5 Å². The summed E-state index contributed by atoms with van der Waals surface area (Å²) in [5.74, 6) is 0.0729. The summed E-state index contributed by atoms with van der Waals surface area (Å²) in [6.45, 7) is 7.87. The van der Waals surface area contributed by atoms with E-state index in [-0.39, 0.29) is 12.4 Å². The lowest BCUT2D eigenvalue weighted by atomic mass is 9.80. The first-order chi connectivity index (χ1) is 8.77. The maximum absolute atomic E-state index is 9.49. The molecule has 0 spiro atoms. The monoisotopic (exact) mass is 265 g/mol. The van der Waals surface area contributed by atoms with Crippen molar-refractivity contribution in [3.05, 3.63) is 17.8 Å². The number of hydrogen-bond acceptors (Lipinski definition) is 5. The lowest BCUT2D eigenvalue weighted by Gasteiger charge is -2.32. The van der Waals surface area contributed by atoms with E-state index in [1.165, 1.54) is 6.20 Å². The van der Waals surface area contributed by atoms with Crippen LogP contribution in [0.5, 0.6) is 5.75 Å². The molecule has 2 rings (SSSR count). The zero-order chi connectivity index (χ0) is 14.3. The highest BCUT2D eigenvalue weighted by Gasteiger charge is 2.52. The van der Waals surface area contributed by atoms with E-state index in [1.54, 1.807) is 6.07 Å². The van der Waals surface area contributed by atoms with Crippen molar-refractivity contribution >= 4 is 12.7 Å². The van der Waals surface area contributed by atoms with Gasteiger partial charge in [-0.15, -0.1) is 0 Å². The van der Waals surface area contributed by atoms with Crippen LogP contribution in [0.2, 0.25) is 0 Å². The summed E-state index contributed by atoms with van der Waals surface area (Å²) in [7, 11) is -0.577. The molecule has 104 valence electrons. The second-order valence-corrected chi connectivity index (χ2v) is 5.80. The predicted molar refractivity (Wildman–Crippen MR) is 72.4 cm³/mol. The second-order valence-electron chi connectivity index (χ2n) is 5.80. The normalized spacial score (nSPS) is 20.8. The van der Waals surface area contributed by atoms with Crippen molar-refractivity contribution in [2.45, 2.75) is 45.3 Å². The fourth-order valence-electron chi connectivity index (χ4n) is 2.00. The SMILES string of the molecule is CC1(C)OB(c2ncc(O)cc2CCO)OC1(C)C. The quantitative estimate of drug-likeness (QED) is 0.784. The largest absolute Gasteiger partial charge is 0.514 e. The molecule has 19 heavy (non-hydrogen) atoms. The fourth-order valence-corrected chi connectivity index (χ4v) is 2.00. The van der Waals surface area contributed by atoms with Gasteiger partial charge in [0.05, 0.1) is 23.0 Å². The van der Waals surface area contributed by atoms with Crippen LogP contribution in [0.4, 0.5) is 0 Å². The van der Waals surface area contributed by atoms with Gasteiger partial charge in [-0.25, -0.2) is 0 Å². The highest BCUT2D eigenvalue weighted by Crippen LogP contribution is 2.36. The summed E-state index contributed by atoms with van der Waals surface area (Å²) >= 11 is 0. The summed E-state index contributed by atoms with van der Waals surface area (Å²) in [4.78, 5) is 4.20. The van der Waals surface area contributed by atoms with Crippen LogP contribution in [0.15, 0.2) is 12.3 Å². The maximum Gasteiger partial charge on any atom is 0.514 e. The Hall–Kier alpha value is -1.11. The number of nitrogens with zero attached hydrogens (tertiary/aromatic N) is 1. The Morgan fingerprint density at radius 1 is 1.21 bits per heavy atom. The molecule has 6 heteroatoms. The molecule has 1 fully saturated rings. The van der Waals surface area contributed by atoms with Crippen LogP contribution < -0.4 is 5.59 Å². The molecule has 0 radical (unpaired) electrons. The van der Waals surface area contributed by atoms with E-state index < -0.39 is 18.3 Å². The molecule has 0 atom stereocenters. The first-order valence-corrected chi connectivity index (χ1v) is 6.41. The molecule has 2 heterocycles. The van der Waals surface area contributed by atoms with Gasteiger partial charge in [-0.1, -0.05) is 0 Å². The topological polar surface area (TPSA) is 71.8 Å². The van der Waals surface area contributed by atoms with Gasteiger partial charge in [-0.3, -0.25) is 4.98 Å². The molecular weight excluding hydrogens is 245 g/mol. The van der Waals surface area contributed by atoms with Crippen molar-refractivity contribution in [1.29, 1.82) is 0 Å². The molecule has 0 bridgehead atoms. The first-order valence-electron chi connectivity index (χ1n) is 6.41. The lowest BCUT2D eigenvalue weighted by Crippen LogP contribution is -2.41. The average Bonchev–Trinajstić information content (AvgIpc) is 2.48. The number of aromatic nitrogens is 1. The Morgan fingerprint density at radius 2 is 1.79 bits per heavy atom. The van der Waals surface area contributed by atoms with Crippen LogP contribution >= 0.6 is 0 Å². The standard InChI is InChI=1S/C13H20BNO4/c1-12(2)13(3,4)19-14(18-12)11-9(5-6-16)7-10(17)8-15-11/h7-8,16-17H,5-6H2,1-4H3. The molecule has 1 aliphatic heterocycles. The summed E-state index contributed by atoms with van der Waals surface area (Å²) in [6.07, 6.45) is 1.77. The molecule has 1 aromatic heterocycles. The smallest absolute Gasteiger partial charge is 0.506 e. The van der Waals surface area contributed by atoms with Gasteiger partial charge in [0.15, 0.2) is 0 Å². The average molecular weight is 265 g/mol. The van der Waals surface area contributed by atoms with Gasteiger partial charge >= 0.3 is 7.12 Å². The molecule has 2 N–H and O–H groups in total.